The molecule has 0 saturated carbocycles. The lowest BCUT2D eigenvalue weighted by Gasteiger charge is -2.34. The first-order chi connectivity index (χ1) is 32.2. The van der Waals surface area contributed by atoms with E-state index in [9.17, 15) is 0 Å². The Bertz CT molecular complexity index is 3570. The molecule has 65 heavy (non-hydrogen) atoms. The van der Waals surface area contributed by atoms with Gasteiger partial charge in [-0.3, -0.25) is 0 Å². The predicted octanol–water partition coefficient (Wildman–Crippen LogP) is 16.2. The summed E-state index contributed by atoms with van der Waals surface area (Å²) < 4.78 is 16.0. The molecule has 0 saturated heterocycles. The van der Waals surface area contributed by atoms with Crippen LogP contribution in [0.3, 0.4) is 0 Å². The van der Waals surface area contributed by atoms with Gasteiger partial charge in [0.25, 0.3) is 0 Å². The van der Waals surface area contributed by atoms with Gasteiger partial charge in [0.2, 0.25) is 0 Å². The van der Waals surface area contributed by atoms with Gasteiger partial charge in [-0.1, -0.05) is 224 Å². The summed E-state index contributed by atoms with van der Waals surface area (Å²) in [5, 5.41) is 4.12. The van der Waals surface area contributed by atoms with Crippen molar-refractivity contribution in [1.82, 2.24) is 0 Å². The maximum Gasteiger partial charge on any atom is 0.123 e. The Kier molecular flexibility index (Phi) is 8.32. The number of halogens is 1. The minimum Gasteiger partial charge on any atom is -0.207 e. The standard InChI is InChI=1S/C64H41F/c65-48-35-38-55-56(41-48)62(43-34-37-52-50-28-16-18-32-58(50)64(60(52)40-43,46-23-9-3-10-24-46)47-25-11-4-12-26-47)54-30-14-13-29-53(54)61(55)42-33-36-51-49-27-15-17-31-57(49)63(59(51)39-42,44-19-5-1-6-20-44)45-21-7-2-8-22-45/h1-41H. The van der Waals surface area contributed by atoms with Crippen LogP contribution in [0.25, 0.3) is 66.1 Å². The topological polar surface area (TPSA) is 0 Å². The molecular weight excluding hydrogens is 788 g/mol. The van der Waals surface area contributed by atoms with Crippen LogP contribution in [0.1, 0.15) is 44.5 Å². The molecule has 0 spiro atoms. The van der Waals surface area contributed by atoms with E-state index in [1.165, 1.54) is 66.8 Å². The lowest BCUT2D eigenvalue weighted by Crippen LogP contribution is -2.28. The van der Waals surface area contributed by atoms with E-state index in [0.29, 0.717) is 0 Å². The van der Waals surface area contributed by atoms with E-state index in [4.69, 9.17) is 0 Å². The van der Waals surface area contributed by atoms with Crippen LogP contribution in [-0.2, 0) is 10.8 Å². The van der Waals surface area contributed by atoms with Gasteiger partial charge in [0.05, 0.1) is 10.8 Å². The molecule has 0 unspecified atom stereocenters. The van der Waals surface area contributed by atoms with E-state index in [2.05, 4.69) is 231 Å². The van der Waals surface area contributed by atoms with Crippen molar-refractivity contribution in [3.05, 3.63) is 299 Å². The first-order valence-corrected chi connectivity index (χ1v) is 22.5. The first-order valence-electron chi connectivity index (χ1n) is 22.5. The van der Waals surface area contributed by atoms with Crippen molar-refractivity contribution >= 4 is 21.5 Å². The number of fused-ring (bicyclic) bond motifs is 8. The summed E-state index contributed by atoms with van der Waals surface area (Å²) in [7, 11) is 0. The predicted molar refractivity (Wildman–Crippen MR) is 267 cm³/mol. The summed E-state index contributed by atoms with van der Waals surface area (Å²) in [6, 6.07) is 89.6. The van der Waals surface area contributed by atoms with Crippen molar-refractivity contribution in [1.29, 1.82) is 0 Å². The zero-order valence-corrected chi connectivity index (χ0v) is 35.5. The highest BCUT2D eigenvalue weighted by molar-refractivity contribution is 6.21. The Morgan fingerprint density at radius 2 is 0.585 bits per heavy atom. The van der Waals surface area contributed by atoms with Crippen molar-refractivity contribution in [3.8, 4) is 44.5 Å². The van der Waals surface area contributed by atoms with Gasteiger partial charge in [0.1, 0.15) is 5.82 Å². The second kappa shape index (κ2) is 14.5. The number of hydrogen-bond acceptors (Lipinski definition) is 0. The van der Waals surface area contributed by atoms with Gasteiger partial charge >= 0.3 is 0 Å². The molecule has 0 N–H and O–H groups in total. The van der Waals surface area contributed by atoms with Crippen molar-refractivity contribution < 1.29 is 4.39 Å². The largest absolute Gasteiger partial charge is 0.207 e. The maximum atomic E-state index is 16.0. The van der Waals surface area contributed by atoms with Crippen LogP contribution in [0.5, 0.6) is 0 Å². The lowest BCUT2D eigenvalue weighted by atomic mass is 9.67. The molecule has 11 aromatic rings. The Hall–Kier alpha value is -8.13. The molecule has 2 aliphatic carbocycles. The fourth-order valence-corrected chi connectivity index (χ4v) is 12.0. The molecule has 0 atom stereocenters. The van der Waals surface area contributed by atoms with Crippen molar-refractivity contribution in [2.75, 3.05) is 0 Å². The Morgan fingerprint density at radius 1 is 0.246 bits per heavy atom. The minimum absolute atomic E-state index is 0.256. The lowest BCUT2D eigenvalue weighted by molar-refractivity contribution is 0.630. The molecule has 11 aromatic carbocycles. The van der Waals surface area contributed by atoms with E-state index in [0.717, 1.165) is 43.8 Å². The Balaban J connectivity index is 1.09. The molecule has 0 radical (unpaired) electrons. The van der Waals surface area contributed by atoms with Crippen molar-refractivity contribution in [3.63, 3.8) is 0 Å². The second-order valence-electron chi connectivity index (χ2n) is 17.6. The molecule has 0 amide bonds. The van der Waals surface area contributed by atoms with Crippen LogP contribution in [0.15, 0.2) is 249 Å². The molecule has 0 heterocycles. The van der Waals surface area contributed by atoms with Gasteiger partial charge < -0.3 is 0 Å². The van der Waals surface area contributed by atoms with Crippen molar-refractivity contribution in [2.24, 2.45) is 0 Å². The smallest absolute Gasteiger partial charge is 0.123 e. The third kappa shape index (κ3) is 5.24. The fraction of sp³-hybridized carbons (Fsp3) is 0.0312. The SMILES string of the molecule is Fc1ccc2c(-c3ccc4c(c3)C(c3ccccc3)(c3ccccc3)c3ccccc3-4)c3ccccc3c(-c3ccc4c(c3)C(c3ccccc3)(c3ccccc3)c3ccccc3-4)c2c1. The molecule has 0 bridgehead atoms. The van der Waals surface area contributed by atoms with Gasteiger partial charge in [-0.2, -0.15) is 0 Å². The molecule has 13 rings (SSSR count). The van der Waals surface area contributed by atoms with Crippen LogP contribution in [0, 0.1) is 5.82 Å². The maximum absolute atomic E-state index is 16.0. The van der Waals surface area contributed by atoms with Gasteiger partial charge in [0, 0.05) is 0 Å². The van der Waals surface area contributed by atoms with E-state index >= 15 is 4.39 Å². The summed E-state index contributed by atoms with van der Waals surface area (Å²) in [6.45, 7) is 0. The third-order valence-corrected chi connectivity index (χ3v) is 14.5. The molecule has 304 valence electrons. The molecule has 0 aromatic heterocycles. The van der Waals surface area contributed by atoms with Crippen LogP contribution >= 0.6 is 0 Å². The summed E-state index contributed by atoms with van der Waals surface area (Å²) in [4.78, 5) is 0. The average molecular weight is 829 g/mol. The third-order valence-electron chi connectivity index (χ3n) is 14.5. The molecule has 0 nitrogen and oxygen atoms in total. The summed E-state index contributed by atoms with van der Waals surface area (Å²) in [5.41, 5.74) is 18.0. The Labute approximate surface area is 378 Å². The summed E-state index contributed by atoms with van der Waals surface area (Å²) in [6.07, 6.45) is 0. The zero-order valence-electron chi connectivity index (χ0n) is 35.5. The number of hydrogen-bond donors (Lipinski definition) is 0. The molecular formula is C64H41F. The van der Waals surface area contributed by atoms with Gasteiger partial charge in [-0.15, -0.1) is 0 Å². The summed E-state index contributed by atoms with van der Waals surface area (Å²) >= 11 is 0. The van der Waals surface area contributed by atoms with Gasteiger partial charge in [-0.25, -0.2) is 4.39 Å². The van der Waals surface area contributed by atoms with Crippen LogP contribution < -0.4 is 0 Å². The molecule has 0 aliphatic heterocycles. The zero-order chi connectivity index (χ0) is 43.1. The highest BCUT2D eigenvalue weighted by Gasteiger charge is 2.47. The average Bonchev–Trinajstić information content (AvgIpc) is 3.84. The highest BCUT2D eigenvalue weighted by atomic mass is 19.1. The van der Waals surface area contributed by atoms with Gasteiger partial charge in [0.15, 0.2) is 0 Å². The van der Waals surface area contributed by atoms with Gasteiger partial charge in [-0.05, 0) is 135 Å². The van der Waals surface area contributed by atoms with Crippen molar-refractivity contribution in [2.45, 2.75) is 10.8 Å². The van der Waals surface area contributed by atoms with E-state index in [1.807, 2.05) is 6.07 Å². The first kappa shape index (κ1) is 37.4. The van der Waals surface area contributed by atoms with E-state index in [-0.39, 0.29) is 5.82 Å². The van der Waals surface area contributed by atoms with Crippen LogP contribution in [0.4, 0.5) is 4.39 Å². The summed E-state index contributed by atoms with van der Waals surface area (Å²) in [5.74, 6) is -0.256. The van der Waals surface area contributed by atoms with E-state index < -0.39 is 10.8 Å². The minimum atomic E-state index is -0.562. The molecule has 0 fully saturated rings. The number of rotatable bonds is 6. The molecule has 2 aliphatic rings. The monoisotopic (exact) mass is 828 g/mol. The molecule has 1 heteroatoms. The number of benzene rings is 11. The second-order valence-corrected chi connectivity index (χ2v) is 17.6. The van der Waals surface area contributed by atoms with Crippen LogP contribution in [0.2, 0.25) is 0 Å². The van der Waals surface area contributed by atoms with Crippen LogP contribution in [-0.4, -0.2) is 0 Å². The fourth-order valence-electron chi connectivity index (χ4n) is 12.0. The Morgan fingerprint density at radius 3 is 1.02 bits per heavy atom. The quantitative estimate of drug-likeness (QED) is 0.147. The highest BCUT2D eigenvalue weighted by Crippen LogP contribution is 2.59. The normalized spacial score (nSPS) is 13.9. The van der Waals surface area contributed by atoms with E-state index in [1.54, 1.807) is 12.1 Å².